The number of carbonyl (C=O) groups excluding carboxylic acids is 1. The van der Waals surface area contributed by atoms with Crippen LogP contribution < -0.4 is 18.9 Å². The van der Waals surface area contributed by atoms with E-state index in [1.54, 1.807) is 19.2 Å². The quantitative estimate of drug-likeness (QED) is 0.584. The summed E-state index contributed by atoms with van der Waals surface area (Å²) < 4.78 is 36.7. The van der Waals surface area contributed by atoms with Crippen molar-refractivity contribution in [3.05, 3.63) is 46.3 Å². The van der Waals surface area contributed by atoms with Crippen molar-refractivity contribution in [2.45, 2.75) is 39.7 Å². The number of rotatable bonds is 8. The SMILES string of the molecule is CCOc1cc(C(=O)CN2Cc3cc(OC)c(OC)c(F)c3C2=N)cc(C(C)(C)C)c1OC. The monoisotopic (exact) mass is 458 g/mol. The first-order valence-corrected chi connectivity index (χ1v) is 10.7. The van der Waals surface area contributed by atoms with E-state index in [0.29, 0.717) is 29.2 Å². The number of ketones is 1. The highest BCUT2D eigenvalue weighted by Gasteiger charge is 2.33. The van der Waals surface area contributed by atoms with E-state index in [0.717, 1.165) is 5.56 Å². The van der Waals surface area contributed by atoms with Crippen LogP contribution in [0.25, 0.3) is 0 Å². The maximum absolute atomic E-state index is 15.0. The molecule has 1 aliphatic heterocycles. The molecule has 2 aromatic rings. The van der Waals surface area contributed by atoms with Crippen LogP contribution in [0.4, 0.5) is 4.39 Å². The van der Waals surface area contributed by atoms with E-state index >= 15 is 4.39 Å². The van der Waals surface area contributed by atoms with E-state index in [-0.39, 0.29) is 47.2 Å². The second kappa shape index (κ2) is 9.29. The molecule has 0 saturated heterocycles. The van der Waals surface area contributed by atoms with Crippen LogP contribution in [0.5, 0.6) is 23.0 Å². The fourth-order valence-corrected chi connectivity index (χ4v) is 4.02. The van der Waals surface area contributed by atoms with Crippen LogP contribution in [-0.2, 0) is 12.0 Å². The minimum Gasteiger partial charge on any atom is -0.493 e. The third kappa shape index (κ3) is 4.47. The number of Topliss-reactive ketones (excluding diaryl/α,β-unsaturated/α-hetero) is 1. The molecule has 7 nitrogen and oxygen atoms in total. The first-order valence-electron chi connectivity index (χ1n) is 10.7. The molecule has 178 valence electrons. The number of halogens is 1. The van der Waals surface area contributed by atoms with Gasteiger partial charge in [-0.2, -0.15) is 0 Å². The Morgan fingerprint density at radius 3 is 2.27 bits per heavy atom. The van der Waals surface area contributed by atoms with Gasteiger partial charge in [0.05, 0.1) is 40.0 Å². The van der Waals surface area contributed by atoms with Gasteiger partial charge in [-0.3, -0.25) is 10.2 Å². The fraction of sp³-hybridized carbons (Fsp3) is 0.440. The number of methoxy groups -OCH3 is 3. The zero-order valence-corrected chi connectivity index (χ0v) is 20.2. The van der Waals surface area contributed by atoms with E-state index in [1.807, 2.05) is 33.8 Å². The average Bonchev–Trinajstić information content (AvgIpc) is 3.07. The highest BCUT2D eigenvalue weighted by atomic mass is 19.1. The number of hydrogen-bond donors (Lipinski definition) is 1. The van der Waals surface area contributed by atoms with Crippen molar-refractivity contribution >= 4 is 11.6 Å². The van der Waals surface area contributed by atoms with Gasteiger partial charge in [0.15, 0.2) is 34.6 Å². The Kier molecular flexibility index (Phi) is 6.86. The normalized spacial score (nSPS) is 13.1. The molecular formula is C25H31FN2O5. The summed E-state index contributed by atoms with van der Waals surface area (Å²) in [6.45, 7) is 8.52. The van der Waals surface area contributed by atoms with Crippen molar-refractivity contribution in [3.63, 3.8) is 0 Å². The molecule has 33 heavy (non-hydrogen) atoms. The third-order valence-electron chi connectivity index (χ3n) is 5.63. The lowest BCUT2D eigenvalue weighted by Crippen LogP contribution is -2.30. The summed E-state index contributed by atoms with van der Waals surface area (Å²) in [6.07, 6.45) is 0. The number of fused-ring (bicyclic) bond motifs is 1. The third-order valence-corrected chi connectivity index (χ3v) is 5.63. The van der Waals surface area contributed by atoms with Crippen LogP contribution in [0.2, 0.25) is 0 Å². The Labute approximate surface area is 193 Å². The molecule has 2 aromatic carbocycles. The van der Waals surface area contributed by atoms with Gasteiger partial charge in [0, 0.05) is 17.7 Å². The molecule has 8 heteroatoms. The number of benzene rings is 2. The number of carbonyl (C=O) groups is 1. The maximum Gasteiger partial charge on any atom is 0.197 e. The summed E-state index contributed by atoms with van der Waals surface area (Å²) in [7, 11) is 4.35. The second-order valence-corrected chi connectivity index (χ2v) is 8.83. The van der Waals surface area contributed by atoms with Crippen molar-refractivity contribution in [1.82, 2.24) is 4.90 Å². The highest BCUT2D eigenvalue weighted by Crippen LogP contribution is 2.41. The fourth-order valence-electron chi connectivity index (χ4n) is 4.02. The molecule has 0 bridgehead atoms. The molecule has 1 N–H and O–H groups in total. The first-order chi connectivity index (χ1) is 15.6. The summed E-state index contributed by atoms with van der Waals surface area (Å²) in [5.41, 5.74) is 1.70. The predicted molar refractivity (Wildman–Crippen MR) is 124 cm³/mol. The Bertz CT molecular complexity index is 1090. The molecule has 1 heterocycles. The van der Waals surface area contributed by atoms with Gasteiger partial charge in [0.1, 0.15) is 5.84 Å². The predicted octanol–water partition coefficient (Wildman–Crippen LogP) is 4.57. The van der Waals surface area contributed by atoms with Crippen LogP contribution in [0.1, 0.15) is 54.7 Å². The lowest BCUT2D eigenvalue weighted by molar-refractivity contribution is 0.0962. The van der Waals surface area contributed by atoms with Crippen molar-refractivity contribution in [2.75, 3.05) is 34.5 Å². The number of nitrogens with zero attached hydrogens (tertiary/aromatic N) is 1. The molecule has 0 radical (unpaired) electrons. The Hall–Kier alpha value is -3.29. The standard InChI is InChI=1S/C25H31FN2O5/c1-8-33-19-10-14(9-16(22(19)31-6)25(2,3)4)17(29)13-28-12-15-11-18(30-5)23(32-7)21(26)20(15)24(28)27/h9-11,27H,8,12-13H2,1-7H3. The molecule has 0 fully saturated rings. The minimum absolute atomic E-state index is 0.0551. The van der Waals surface area contributed by atoms with Crippen molar-refractivity contribution < 1.29 is 28.1 Å². The van der Waals surface area contributed by atoms with Gasteiger partial charge in [-0.1, -0.05) is 20.8 Å². The largest absolute Gasteiger partial charge is 0.493 e. The van der Waals surface area contributed by atoms with E-state index in [2.05, 4.69) is 0 Å². The van der Waals surface area contributed by atoms with Crippen molar-refractivity contribution in [1.29, 1.82) is 5.41 Å². The van der Waals surface area contributed by atoms with Gasteiger partial charge in [-0.25, -0.2) is 4.39 Å². The highest BCUT2D eigenvalue weighted by molar-refractivity contribution is 6.06. The summed E-state index contributed by atoms with van der Waals surface area (Å²) in [5, 5.41) is 8.49. The molecule has 0 atom stereocenters. The smallest absolute Gasteiger partial charge is 0.197 e. The van der Waals surface area contributed by atoms with Crippen molar-refractivity contribution in [3.8, 4) is 23.0 Å². The molecule has 1 aliphatic rings. The Morgan fingerprint density at radius 1 is 1.06 bits per heavy atom. The average molecular weight is 459 g/mol. The van der Waals surface area contributed by atoms with E-state index in [4.69, 9.17) is 24.4 Å². The number of amidine groups is 1. The van der Waals surface area contributed by atoms with E-state index < -0.39 is 5.82 Å². The number of hydrogen-bond acceptors (Lipinski definition) is 6. The van der Waals surface area contributed by atoms with E-state index in [9.17, 15) is 4.79 Å². The van der Waals surface area contributed by atoms with Crippen LogP contribution in [0, 0.1) is 11.2 Å². The molecule has 3 rings (SSSR count). The molecule has 0 spiro atoms. The van der Waals surface area contributed by atoms with Crippen LogP contribution in [0.15, 0.2) is 18.2 Å². The van der Waals surface area contributed by atoms with Crippen LogP contribution >= 0.6 is 0 Å². The van der Waals surface area contributed by atoms with Gasteiger partial charge in [-0.15, -0.1) is 0 Å². The summed E-state index contributed by atoms with van der Waals surface area (Å²) in [5.74, 6) is 0.360. The van der Waals surface area contributed by atoms with Gasteiger partial charge < -0.3 is 23.8 Å². The maximum atomic E-state index is 15.0. The topological polar surface area (TPSA) is 81.1 Å². The van der Waals surface area contributed by atoms with Crippen LogP contribution in [0.3, 0.4) is 0 Å². The number of nitrogens with one attached hydrogen (secondary N) is 1. The summed E-state index contributed by atoms with van der Waals surface area (Å²) in [4.78, 5) is 14.8. The van der Waals surface area contributed by atoms with Crippen molar-refractivity contribution in [2.24, 2.45) is 0 Å². The van der Waals surface area contributed by atoms with Gasteiger partial charge in [0.25, 0.3) is 0 Å². The number of ether oxygens (including phenoxy) is 4. The lowest BCUT2D eigenvalue weighted by Gasteiger charge is -2.25. The lowest BCUT2D eigenvalue weighted by atomic mass is 9.84. The van der Waals surface area contributed by atoms with E-state index in [1.165, 1.54) is 19.1 Å². The summed E-state index contributed by atoms with van der Waals surface area (Å²) >= 11 is 0. The Morgan fingerprint density at radius 2 is 1.73 bits per heavy atom. The first kappa shape index (κ1) is 24.4. The van der Waals surface area contributed by atoms with Gasteiger partial charge >= 0.3 is 0 Å². The van der Waals surface area contributed by atoms with Crippen LogP contribution in [-0.4, -0.2) is 51.0 Å². The zero-order chi connectivity index (χ0) is 24.5. The minimum atomic E-state index is -0.662. The molecule has 0 aromatic heterocycles. The molecule has 0 saturated carbocycles. The zero-order valence-electron chi connectivity index (χ0n) is 20.2. The molecule has 0 amide bonds. The summed E-state index contributed by atoms with van der Waals surface area (Å²) in [6, 6.07) is 5.12. The molecule has 0 aliphatic carbocycles. The second-order valence-electron chi connectivity index (χ2n) is 8.83. The van der Waals surface area contributed by atoms with Gasteiger partial charge in [-0.05, 0) is 36.1 Å². The molecular weight excluding hydrogens is 427 g/mol. The Balaban J connectivity index is 1.95. The van der Waals surface area contributed by atoms with Gasteiger partial charge in [0.2, 0.25) is 0 Å². The molecule has 0 unspecified atom stereocenters.